The zero-order chi connectivity index (χ0) is 19.7. The van der Waals surface area contributed by atoms with E-state index < -0.39 is 5.97 Å². The first-order chi connectivity index (χ1) is 13.6. The standard InChI is InChI=1S/C22H27NO5/c1-26-18-7-6-15(20-16(18)4-3-5-19(20)27-2)12-23-13-17(21(24)25)22(14-23)8-10-28-11-9-22/h3-7,17H,8-14H2,1-2H3,(H,24,25). The normalized spacial score (nSPS) is 21.9. The second kappa shape index (κ2) is 7.60. The monoisotopic (exact) mass is 385 g/mol. The smallest absolute Gasteiger partial charge is 0.308 e. The van der Waals surface area contributed by atoms with Gasteiger partial charge >= 0.3 is 5.97 Å². The van der Waals surface area contributed by atoms with Gasteiger partial charge in [0.1, 0.15) is 11.5 Å². The second-order valence-corrected chi connectivity index (χ2v) is 7.84. The van der Waals surface area contributed by atoms with Crippen LogP contribution in [0, 0.1) is 11.3 Å². The second-order valence-electron chi connectivity index (χ2n) is 7.84. The third kappa shape index (κ3) is 3.20. The van der Waals surface area contributed by atoms with E-state index in [9.17, 15) is 9.90 Å². The predicted molar refractivity (Wildman–Crippen MR) is 106 cm³/mol. The van der Waals surface area contributed by atoms with Crippen molar-refractivity contribution in [2.75, 3.05) is 40.5 Å². The van der Waals surface area contributed by atoms with Crippen molar-refractivity contribution in [3.63, 3.8) is 0 Å². The predicted octanol–water partition coefficient (Wildman–Crippen LogP) is 3.17. The molecule has 4 rings (SSSR count). The summed E-state index contributed by atoms with van der Waals surface area (Å²) in [6, 6.07) is 9.99. The molecule has 1 unspecified atom stereocenters. The van der Waals surface area contributed by atoms with Crippen LogP contribution in [0.3, 0.4) is 0 Å². The number of hydrogen-bond donors (Lipinski definition) is 1. The van der Waals surface area contributed by atoms with Crippen LogP contribution in [0.1, 0.15) is 18.4 Å². The molecule has 6 heteroatoms. The lowest BCUT2D eigenvalue weighted by Gasteiger charge is -2.36. The van der Waals surface area contributed by atoms with E-state index in [2.05, 4.69) is 11.0 Å². The Labute approximate surface area is 165 Å². The number of carboxylic acids is 1. The first-order valence-corrected chi connectivity index (χ1v) is 9.73. The summed E-state index contributed by atoms with van der Waals surface area (Å²) in [4.78, 5) is 14.2. The Morgan fingerprint density at radius 1 is 1.18 bits per heavy atom. The molecule has 0 radical (unpaired) electrons. The van der Waals surface area contributed by atoms with Gasteiger partial charge in [0.25, 0.3) is 0 Å². The number of hydrogen-bond acceptors (Lipinski definition) is 5. The summed E-state index contributed by atoms with van der Waals surface area (Å²) in [6.45, 7) is 3.34. The molecule has 0 aliphatic carbocycles. The number of carboxylic acid groups (broad SMARTS) is 1. The SMILES string of the molecule is COc1ccc(CN2CC(C(=O)O)C3(CCOCC3)C2)c2c(OC)cccc12. The molecular weight excluding hydrogens is 358 g/mol. The summed E-state index contributed by atoms with van der Waals surface area (Å²) >= 11 is 0. The molecule has 2 aromatic carbocycles. The number of nitrogens with zero attached hydrogens (tertiary/aromatic N) is 1. The van der Waals surface area contributed by atoms with E-state index in [1.54, 1.807) is 14.2 Å². The molecule has 2 aliphatic heterocycles. The molecule has 1 spiro atoms. The van der Waals surface area contributed by atoms with Gasteiger partial charge in [-0.1, -0.05) is 18.2 Å². The first-order valence-electron chi connectivity index (χ1n) is 9.73. The summed E-state index contributed by atoms with van der Waals surface area (Å²) in [7, 11) is 3.34. The van der Waals surface area contributed by atoms with Gasteiger partial charge < -0.3 is 19.3 Å². The maximum Gasteiger partial charge on any atom is 0.308 e. The molecule has 0 saturated carbocycles. The highest BCUT2D eigenvalue weighted by Crippen LogP contribution is 2.45. The zero-order valence-electron chi connectivity index (χ0n) is 16.4. The van der Waals surface area contributed by atoms with Crippen LogP contribution < -0.4 is 9.47 Å². The van der Waals surface area contributed by atoms with Crippen molar-refractivity contribution < 1.29 is 24.1 Å². The van der Waals surface area contributed by atoms with Gasteiger partial charge in [0.15, 0.2) is 0 Å². The summed E-state index contributed by atoms with van der Waals surface area (Å²) in [6.07, 6.45) is 1.63. The molecule has 2 saturated heterocycles. The van der Waals surface area contributed by atoms with E-state index in [4.69, 9.17) is 14.2 Å². The molecule has 1 N–H and O–H groups in total. The number of rotatable bonds is 5. The van der Waals surface area contributed by atoms with Gasteiger partial charge in [-0.25, -0.2) is 0 Å². The highest BCUT2D eigenvalue weighted by Gasteiger charge is 2.50. The average molecular weight is 385 g/mol. The fraction of sp³-hybridized carbons (Fsp3) is 0.500. The average Bonchev–Trinajstić information content (AvgIpc) is 3.05. The molecular formula is C22H27NO5. The van der Waals surface area contributed by atoms with Crippen molar-refractivity contribution in [2.45, 2.75) is 19.4 Å². The third-order valence-corrected chi connectivity index (χ3v) is 6.39. The quantitative estimate of drug-likeness (QED) is 0.853. The van der Waals surface area contributed by atoms with Gasteiger partial charge in [-0.15, -0.1) is 0 Å². The van der Waals surface area contributed by atoms with Crippen molar-refractivity contribution in [3.8, 4) is 11.5 Å². The molecule has 1 atom stereocenters. The van der Waals surface area contributed by atoms with E-state index >= 15 is 0 Å². The molecule has 150 valence electrons. The van der Waals surface area contributed by atoms with Gasteiger partial charge in [0.05, 0.1) is 20.1 Å². The van der Waals surface area contributed by atoms with Gasteiger partial charge in [-0.3, -0.25) is 9.69 Å². The van der Waals surface area contributed by atoms with Crippen LogP contribution >= 0.6 is 0 Å². The Morgan fingerprint density at radius 2 is 1.93 bits per heavy atom. The van der Waals surface area contributed by atoms with Crippen molar-refractivity contribution in [3.05, 3.63) is 35.9 Å². The van der Waals surface area contributed by atoms with Crippen LogP contribution in [0.2, 0.25) is 0 Å². The van der Waals surface area contributed by atoms with Gasteiger partial charge in [-0.05, 0) is 30.5 Å². The summed E-state index contributed by atoms with van der Waals surface area (Å²) in [5.74, 6) is 0.578. The molecule has 28 heavy (non-hydrogen) atoms. The van der Waals surface area contributed by atoms with Crippen molar-refractivity contribution in [1.82, 2.24) is 4.90 Å². The largest absolute Gasteiger partial charge is 0.496 e. The van der Waals surface area contributed by atoms with Crippen LogP contribution in [0.4, 0.5) is 0 Å². The molecule has 6 nitrogen and oxygen atoms in total. The van der Waals surface area contributed by atoms with Crippen LogP contribution in [-0.2, 0) is 16.1 Å². The highest BCUT2D eigenvalue weighted by atomic mass is 16.5. The Morgan fingerprint density at radius 3 is 2.61 bits per heavy atom. The number of likely N-dealkylation sites (tertiary alicyclic amines) is 1. The minimum atomic E-state index is -0.693. The molecule has 0 aromatic heterocycles. The van der Waals surface area contributed by atoms with Crippen molar-refractivity contribution in [2.24, 2.45) is 11.3 Å². The van der Waals surface area contributed by atoms with E-state index in [-0.39, 0.29) is 11.3 Å². The zero-order valence-corrected chi connectivity index (χ0v) is 16.4. The third-order valence-electron chi connectivity index (χ3n) is 6.39. The van der Waals surface area contributed by atoms with E-state index in [0.29, 0.717) is 26.3 Å². The lowest BCUT2D eigenvalue weighted by atomic mass is 9.72. The molecule has 2 aromatic rings. The fourth-order valence-electron chi connectivity index (χ4n) is 4.95. The van der Waals surface area contributed by atoms with Crippen molar-refractivity contribution >= 4 is 16.7 Å². The lowest BCUT2D eigenvalue weighted by molar-refractivity contribution is -0.147. The number of benzene rings is 2. The Bertz CT molecular complexity index is 875. The molecule has 2 fully saturated rings. The Hall–Kier alpha value is -2.31. The maximum atomic E-state index is 12.0. The number of aliphatic carboxylic acids is 1. The fourth-order valence-corrected chi connectivity index (χ4v) is 4.95. The highest BCUT2D eigenvalue weighted by molar-refractivity contribution is 5.95. The minimum Gasteiger partial charge on any atom is -0.496 e. The minimum absolute atomic E-state index is 0.184. The summed E-state index contributed by atoms with van der Waals surface area (Å²) in [5, 5.41) is 11.9. The maximum absolute atomic E-state index is 12.0. The van der Waals surface area contributed by atoms with Crippen LogP contribution in [0.25, 0.3) is 10.8 Å². The first kappa shape index (κ1) is 19.0. The molecule has 2 heterocycles. The van der Waals surface area contributed by atoms with Gasteiger partial charge in [-0.2, -0.15) is 0 Å². The van der Waals surface area contributed by atoms with E-state index in [0.717, 1.165) is 47.2 Å². The Kier molecular flexibility index (Phi) is 5.17. The molecule has 0 amide bonds. The number of fused-ring (bicyclic) bond motifs is 1. The van der Waals surface area contributed by atoms with Crippen LogP contribution in [0.5, 0.6) is 11.5 Å². The topological polar surface area (TPSA) is 68.2 Å². The Balaban J connectivity index is 1.68. The van der Waals surface area contributed by atoms with Crippen LogP contribution in [-0.4, -0.2) is 56.5 Å². The number of carbonyl (C=O) groups is 1. The summed E-state index contributed by atoms with van der Waals surface area (Å²) < 4.78 is 16.7. The number of methoxy groups -OCH3 is 2. The number of ether oxygens (including phenoxy) is 3. The molecule has 2 aliphatic rings. The van der Waals surface area contributed by atoms with Crippen LogP contribution in [0.15, 0.2) is 30.3 Å². The van der Waals surface area contributed by atoms with E-state index in [1.807, 2.05) is 24.3 Å². The molecule has 0 bridgehead atoms. The van der Waals surface area contributed by atoms with E-state index in [1.165, 1.54) is 0 Å². The van der Waals surface area contributed by atoms with Gasteiger partial charge in [0, 0.05) is 49.0 Å². The summed E-state index contributed by atoms with van der Waals surface area (Å²) in [5.41, 5.74) is 0.942. The lowest BCUT2D eigenvalue weighted by Crippen LogP contribution is -2.40. The van der Waals surface area contributed by atoms with Crippen molar-refractivity contribution in [1.29, 1.82) is 0 Å². The van der Waals surface area contributed by atoms with Gasteiger partial charge in [0.2, 0.25) is 0 Å².